The Bertz CT molecular complexity index is 596. The maximum atomic E-state index is 11.0. The molecule has 0 radical (unpaired) electrons. The third kappa shape index (κ3) is 3.17. The molecular weight excluding hydrogens is 264 g/mol. The van der Waals surface area contributed by atoms with Crippen LogP contribution in [0.1, 0.15) is 0 Å². The molecule has 6 nitrogen and oxygen atoms in total. The van der Waals surface area contributed by atoms with E-state index in [1.807, 2.05) is 0 Å². The number of methoxy groups -OCH3 is 2. The summed E-state index contributed by atoms with van der Waals surface area (Å²) >= 11 is 0. The average molecular weight is 276 g/mol. The van der Waals surface area contributed by atoms with Gasteiger partial charge in [-0.25, -0.2) is 9.59 Å². The van der Waals surface area contributed by atoms with E-state index >= 15 is 0 Å². The van der Waals surface area contributed by atoms with Gasteiger partial charge in [0.15, 0.2) is 0 Å². The molecule has 0 atom stereocenters. The van der Waals surface area contributed by atoms with Crippen molar-refractivity contribution in [2.75, 3.05) is 14.2 Å². The van der Waals surface area contributed by atoms with Crippen molar-refractivity contribution in [3.8, 4) is 11.5 Å². The third-order valence-electron chi connectivity index (χ3n) is 2.52. The Balaban J connectivity index is 2.29. The molecule has 0 bridgehead atoms. The molecule has 0 fully saturated rings. The van der Waals surface area contributed by atoms with Crippen LogP contribution in [0.5, 0.6) is 11.5 Å². The molecule has 20 heavy (non-hydrogen) atoms. The molecular formula is C14H12O6. The molecule has 2 rings (SSSR count). The van der Waals surface area contributed by atoms with Gasteiger partial charge in [-0.1, -0.05) is 12.1 Å². The van der Waals surface area contributed by atoms with Crippen molar-refractivity contribution in [1.82, 2.24) is 0 Å². The number of carbonyl (C=O) groups excluding carboxylic acids is 2. The number of benzene rings is 2. The summed E-state index contributed by atoms with van der Waals surface area (Å²) in [7, 11) is 2.46. The van der Waals surface area contributed by atoms with Crippen LogP contribution in [-0.2, 0) is 9.47 Å². The molecule has 0 saturated carbocycles. The van der Waals surface area contributed by atoms with Crippen LogP contribution in [0, 0.1) is 0 Å². The topological polar surface area (TPSA) is 71.1 Å². The second-order valence-corrected chi connectivity index (χ2v) is 3.78. The van der Waals surface area contributed by atoms with Crippen molar-refractivity contribution in [3.05, 3.63) is 36.4 Å². The monoisotopic (exact) mass is 276 g/mol. The largest absolute Gasteiger partial charge is 0.513 e. The van der Waals surface area contributed by atoms with E-state index in [1.54, 1.807) is 36.4 Å². The molecule has 0 aromatic heterocycles. The van der Waals surface area contributed by atoms with Crippen molar-refractivity contribution in [2.45, 2.75) is 0 Å². The standard InChI is InChI=1S/C14H12O6/c1-17-13(15)19-11-5-3-9-4-6-12(8-10(9)7-11)20-14(16)18-2/h3-8H,1-2H3. The number of hydrogen-bond donors (Lipinski definition) is 0. The summed E-state index contributed by atoms with van der Waals surface area (Å²) in [5, 5.41) is 1.65. The number of ether oxygens (including phenoxy) is 4. The fourth-order valence-electron chi connectivity index (χ4n) is 1.61. The lowest BCUT2D eigenvalue weighted by Gasteiger charge is -2.06. The summed E-state index contributed by atoms with van der Waals surface area (Å²) in [5.41, 5.74) is 0. The first-order valence-electron chi connectivity index (χ1n) is 5.68. The van der Waals surface area contributed by atoms with Crippen molar-refractivity contribution >= 4 is 23.1 Å². The van der Waals surface area contributed by atoms with E-state index in [0.717, 1.165) is 10.8 Å². The van der Waals surface area contributed by atoms with Crippen LogP contribution < -0.4 is 9.47 Å². The fourth-order valence-corrected chi connectivity index (χ4v) is 1.61. The van der Waals surface area contributed by atoms with Crippen LogP contribution in [-0.4, -0.2) is 26.5 Å². The lowest BCUT2D eigenvalue weighted by molar-refractivity contribution is 0.120. The summed E-state index contributed by atoms with van der Waals surface area (Å²) in [6.45, 7) is 0. The first kappa shape index (κ1) is 13.7. The van der Waals surface area contributed by atoms with Crippen LogP contribution >= 0.6 is 0 Å². The van der Waals surface area contributed by atoms with Gasteiger partial charge in [-0.05, 0) is 35.0 Å². The lowest BCUT2D eigenvalue weighted by atomic mass is 10.1. The first-order valence-corrected chi connectivity index (χ1v) is 5.68. The highest BCUT2D eigenvalue weighted by Gasteiger charge is 2.07. The number of rotatable bonds is 2. The zero-order chi connectivity index (χ0) is 14.5. The Morgan fingerprint density at radius 1 is 0.750 bits per heavy atom. The Kier molecular flexibility index (Phi) is 4.05. The molecule has 0 spiro atoms. The molecule has 0 aliphatic carbocycles. The highest BCUT2D eigenvalue weighted by molar-refractivity contribution is 5.86. The van der Waals surface area contributed by atoms with Crippen molar-refractivity contribution < 1.29 is 28.5 Å². The minimum Gasteiger partial charge on any atom is -0.437 e. The van der Waals surface area contributed by atoms with Crippen LogP contribution in [0.25, 0.3) is 10.8 Å². The summed E-state index contributed by atoms with van der Waals surface area (Å²) < 4.78 is 18.7. The molecule has 0 amide bonds. The van der Waals surface area contributed by atoms with Gasteiger partial charge in [0.1, 0.15) is 11.5 Å². The Morgan fingerprint density at radius 3 is 1.60 bits per heavy atom. The van der Waals surface area contributed by atoms with E-state index in [4.69, 9.17) is 9.47 Å². The van der Waals surface area contributed by atoms with Gasteiger partial charge in [0.2, 0.25) is 0 Å². The van der Waals surface area contributed by atoms with Crippen molar-refractivity contribution in [2.24, 2.45) is 0 Å². The van der Waals surface area contributed by atoms with E-state index < -0.39 is 12.3 Å². The normalized spacial score (nSPS) is 9.90. The second-order valence-electron chi connectivity index (χ2n) is 3.78. The van der Waals surface area contributed by atoms with E-state index in [2.05, 4.69) is 9.47 Å². The van der Waals surface area contributed by atoms with Gasteiger partial charge in [0.05, 0.1) is 14.2 Å². The summed E-state index contributed by atoms with van der Waals surface area (Å²) in [5.74, 6) is 0.666. The Labute approximate surface area is 114 Å². The van der Waals surface area contributed by atoms with Crippen molar-refractivity contribution in [1.29, 1.82) is 0 Å². The summed E-state index contributed by atoms with van der Waals surface area (Å²) in [6, 6.07) is 10.1. The zero-order valence-electron chi connectivity index (χ0n) is 10.9. The predicted molar refractivity (Wildman–Crippen MR) is 70.0 cm³/mol. The van der Waals surface area contributed by atoms with Crippen LogP contribution in [0.3, 0.4) is 0 Å². The minimum absolute atomic E-state index is 0.333. The first-order chi connectivity index (χ1) is 9.62. The van der Waals surface area contributed by atoms with Gasteiger partial charge < -0.3 is 18.9 Å². The van der Waals surface area contributed by atoms with Gasteiger partial charge in [0, 0.05) is 0 Å². The quantitative estimate of drug-likeness (QED) is 0.620. The fraction of sp³-hybridized carbons (Fsp3) is 0.143. The van der Waals surface area contributed by atoms with Crippen LogP contribution in [0.2, 0.25) is 0 Å². The molecule has 0 unspecified atom stereocenters. The smallest absolute Gasteiger partial charge is 0.437 e. The Morgan fingerprint density at radius 2 is 1.20 bits per heavy atom. The maximum Gasteiger partial charge on any atom is 0.513 e. The number of hydrogen-bond acceptors (Lipinski definition) is 6. The SMILES string of the molecule is COC(=O)Oc1ccc2ccc(OC(=O)OC)cc2c1. The summed E-state index contributed by atoms with van der Waals surface area (Å²) in [4.78, 5) is 22.1. The molecule has 6 heteroatoms. The molecule has 0 aliphatic rings. The van der Waals surface area contributed by atoms with E-state index in [1.165, 1.54) is 14.2 Å². The predicted octanol–water partition coefficient (Wildman–Crippen LogP) is 3.13. The number of carbonyl (C=O) groups is 2. The maximum absolute atomic E-state index is 11.0. The van der Waals surface area contributed by atoms with Gasteiger partial charge in [-0.15, -0.1) is 0 Å². The molecule has 0 heterocycles. The highest BCUT2D eigenvalue weighted by Crippen LogP contribution is 2.25. The molecule has 2 aromatic carbocycles. The molecule has 0 aliphatic heterocycles. The minimum atomic E-state index is -0.800. The van der Waals surface area contributed by atoms with E-state index in [-0.39, 0.29) is 0 Å². The van der Waals surface area contributed by atoms with Crippen LogP contribution in [0.15, 0.2) is 36.4 Å². The van der Waals surface area contributed by atoms with Gasteiger partial charge >= 0.3 is 12.3 Å². The van der Waals surface area contributed by atoms with Gasteiger partial charge in [-0.3, -0.25) is 0 Å². The molecule has 0 saturated heterocycles. The number of fused-ring (bicyclic) bond motifs is 1. The Hall–Kier alpha value is -2.76. The van der Waals surface area contributed by atoms with Crippen molar-refractivity contribution in [3.63, 3.8) is 0 Å². The molecule has 104 valence electrons. The summed E-state index contributed by atoms with van der Waals surface area (Å²) in [6.07, 6.45) is -1.60. The van der Waals surface area contributed by atoms with E-state index in [0.29, 0.717) is 11.5 Å². The second kappa shape index (κ2) is 5.92. The van der Waals surface area contributed by atoms with Crippen LogP contribution in [0.4, 0.5) is 9.59 Å². The van der Waals surface area contributed by atoms with E-state index in [9.17, 15) is 9.59 Å². The average Bonchev–Trinajstić information content (AvgIpc) is 2.46. The zero-order valence-corrected chi connectivity index (χ0v) is 10.9. The molecule has 0 N–H and O–H groups in total. The lowest BCUT2D eigenvalue weighted by Crippen LogP contribution is -2.07. The van der Waals surface area contributed by atoms with Gasteiger partial charge in [-0.2, -0.15) is 0 Å². The third-order valence-corrected chi connectivity index (χ3v) is 2.52. The van der Waals surface area contributed by atoms with Gasteiger partial charge in [0.25, 0.3) is 0 Å². The molecule has 2 aromatic rings. The highest BCUT2D eigenvalue weighted by atomic mass is 16.7.